The lowest BCUT2D eigenvalue weighted by molar-refractivity contribution is -0.143. The van der Waals surface area contributed by atoms with Gasteiger partial charge >= 0.3 is 18.3 Å². The average molecular weight is 1240 g/mol. The van der Waals surface area contributed by atoms with Crippen molar-refractivity contribution >= 4 is 41.9 Å². The molecule has 1 aliphatic carbocycles. The molecule has 7 amide bonds. The van der Waals surface area contributed by atoms with Gasteiger partial charge in [0.15, 0.2) is 0 Å². The topological polar surface area (TPSA) is 206 Å². The molecule has 0 spiro atoms. The van der Waals surface area contributed by atoms with Crippen LogP contribution in [0.5, 0.6) is 0 Å². The van der Waals surface area contributed by atoms with Crippen molar-refractivity contribution in [2.75, 3.05) is 33.7 Å². The van der Waals surface area contributed by atoms with Crippen molar-refractivity contribution in [3.05, 3.63) is 143 Å². The van der Waals surface area contributed by atoms with Gasteiger partial charge in [-0.25, -0.2) is 23.2 Å². The summed E-state index contributed by atoms with van der Waals surface area (Å²) in [4.78, 5) is 102. The third kappa shape index (κ3) is 18.3. The van der Waals surface area contributed by atoms with Crippen molar-refractivity contribution in [3.8, 4) is 0 Å². The summed E-state index contributed by atoms with van der Waals surface area (Å²) in [5.74, 6) is -1.69. The summed E-state index contributed by atoms with van der Waals surface area (Å²) in [6, 6.07) is 26.3. The number of likely N-dealkylation sites (N-methyl/N-ethyl adjacent to an activating group) is 2. The monoisotopic (exact) mass is 1240 g/mol. The number of nitrogens with zero attached hydrogens (tertiary/aromatic N) is 5. The normalized spacial score (nSPS) is 21.0. The third-order valence-electron chi connectivity index (χ3n) is 17.0. The highest BCUT2D eigenvalue weighted by atomic mass is 19.1. The maximum Gasteiger partial charge on any atom is 0.410 e. The van der Waals surface area contributed by atoms with Crippen LogP contribution < -0.4 is 10.6 Å². The van der Waals surface area contributed by atoms with Gasteiger partial charge in [-0.3, -0.25) is 29.0 Å². The molecule has 89 heavy (non-hydrogen) atoms. The zero-order valence-electron chi connectivity index (χ0n) is 53.8. The van der Waals surface area contributed by atoms with Crippen molar-refractivity contribution in [2.45, 2.75) is 188 Å². The SMILES string of the molecule is C[C@@H](C(=O)N[C@H](C(=O)N1CC[C@@H]2[C@H]1[C@@H](OCc1ccc(F)cc1)CN2C(=O)OC(C)(C)C)C(C)(C)C)N(C)C(=O)OCc1ccccc1.C[C@@H](C(=O)N[C@H](C(=O)N1CC[C@H]2CC[C@H](OCc3ccc(F)cc3)[C@H]21)C(C)(C)C)N(C)C(=O)OCc1ccccc1. The van der Waals surface area contributed by atoms with E-state index in [9.17, 15) is 42.3 Å². The summed E-state index contributed by atoms with van der Waals surface area (Å²) in [5, 5.41) is 5.85. The predicted octanol–water partition coefficient (Wildman–Crippen LogP) is 10.0. The van der Waals surface area contributed by atoms with Crippen LogP contribution in [0.2, 0.25) is 0 Å². The number of fused-ring (bicyclic) bond motifs is 2. The summed E-state index contributed by atoms with van der Waals surface area (Å²) >= 11 is 0. The molecular weight excluding hydrogens is 1140 g/mol. The van der Waals surface area contributed by atoms with E-state index in [4.69, 9.17) is 23.7 Å². The van der Waals surface area contributed by atoms with Gasteiger partial charge in [-0.15, -0.1) is 0 Å². The molecule has 4 aromatic rings. The van der Waals surface area contributed by atoms with Crippen molar-refractivity contribution in [2.24, 2.45) is 16.7 Å². The lowest BCUT2D eigenvalue weighted by Gasteiger charge is -2.38. The van der Waals surface area contributed by atoms with Gasteiger partial charge in [0.25, 0.3) is 0 Å². The fourth-order valence-corrected chi connectivity index (χ4v) is 11.7. The molecule has 21 heteroatoms. The quantitative estimate of drug-likeness (QED) is 0.0893. The van der Waals surface area contributed by atoms with Crippen LogP contribution in [0.15, 0.2) is 109 Å². The molecule has 0 unspecified atom stereocenters. The zero-order chi connectivity index (χ0) is 65.1. The van der Waals surface area contributed by atoms with Crippen molar-refractivity contribution < 1.29 is 66.0 Å². The van der Waals surface area contributed by atoms with Crippen molar-refractivity contribution in [3.63, 3.8) is 0 Å². The van der Waals surface area contributed by atoms with Gasteiger partial charge in [-0.1, -0.05) is 126 Å². The van der Waals surface area contributed by atoms with E-state index in [1.54, 1.807) is 68.7 Å². The van der Waals surface area contributed by atoms with Crippen molar-refractivity contribution in [1.29, 1.82) is 0 Å². The predicted molar refractivity (Wildman–Crippen MR) is 330 cm³/mol. The van der Waals surface area contributed by atoms with Crippen molar-refractivity contribution in [1.82, 2.24) is 35.1 Å². The van der Waals surface area contributed by atoms with Gasteiger partial charge in [-0.05, 0) is 124 Å². The molecule has 19 nitrogen and oxygen atoms in total. The van der Waals surface area contributed by atoms with Gasteiger partial charge in [0.2, 0.25) is 23.6 Å². The molecule has 3 aliphatic heterocycles. The highest BCUT2D eigenvalue weighted by Crippen LogP contribution is 2.42. The number of ether oxygens (including phenoxy) is 5. The Bertz CT molecular complexity index is 3050. The molecule has 0 bridgehead atoms. The molecular formula is C68H91F2N7O12. The molecule has 0 aromatic heterocycles. The molecule has 8 rings (SSSR count). The molecule has 2 N–H and O–H groups in total. The van der Waals surface area contributed by atoms with Gasteiger partial charge in [-0.2, -0.15) is 0 Å². The Kier molecular flexibility index (Phi) is 23.0. The average Bonchev–Trinajstić information content (AvgIpc) is 1.63. The number of hydrogen-bond donors (Lipinski definition) is 2. The highest BCUT2D eigenvalue weighted by molar-refractivity contribution is 5.93. The first kappa shape index (κ1) is 68.8. The summed E-state index contributed by atoms with van der Waals surface area (Å²) in [6.45, 7) is 21.7. The number of rotatable bonds is 18. The number of likely N-dealkylation sites (tertiary alicyclic amines) is 3. The van der Waals surface area contributed by atoms with Gasteiger partial charge in [0.05, 0.1) is 50.1 Å². The van der Waals surface area contributed by atoms with Crippen LogP contribution in [0.25, 0.3) is 0 Å². The molecule has 1 saturated carbocycles. The number of carbonyl (C=O) groups excluding carboxylic acids is 7. The van der Waals surface area contributed by atoms with Gasteiger partial charge in [0.1, 0.15) is 54.6 Å². The molecule has 4 fully saturated rings. The third-order valence-corrected chi connectivity index (χ3v) is 17.0. The van der Waals surface area contributed by atoms with Gasteiger partial charge < -0.3 is 49.0 Å². The first-order valence-electron chi connectivity index (χ1n) is 30.7. The first-order valence-corrected chi connectivity index (χ1v) is 30.7. The van der Waals surface area contributed by atoms with Gasteiger partial charge in [0, 0.05) is 27.2 Å². The Labute approximate surface area is 523 Å². The van der Waals surface area contributed by atoms with E-state index in [0.717, 1.165) is 41.5 Å². The maximum atomic E-state index is 14.4. The largest absolute Gasteiger partial charge is 0.445 e. The van der Waals surface area contributed by atoms with E-state index in [1.807, 2.05) is 107 Å². The van der Waals surface area contributed by atoms with E-state index in [1.165, 1.54) is 48.2 Å². The number of benzene rings is 4. The maximum absolute atomic E-state index is 14.4. The van der Waals surface area contributed by atoms with E-state index >= 15 is 0 Å². The minimum Gasteiger partial charge on any atom is -0.445 e. The fourth-order valence-electron chi connectivity index (χ4n) is 11.7. The minimum atomic E-state index is -0.951. The van der Waals surface area contributed by atoms with Crippen LogP contribution in [0.3, 0.4) is 0 Å². The van der Waals surface area contributed by atoms with Crippen LogP contribution in [0.1, 0.15) is 124 Å². The molecule has 10 atom stereocenters. The lowest BCUT2D eigenvalue weighted by Crippen LogP contribution is -2.60. The Morgan fingerprint density at radius 3 is 1.35 bits per heavy atom. The second-order valence-corrected chi connectivity index (χ2v) is 26.9. The fraction of sp³-hybridized carbons (Fsp3) is 0.544. The van der Waals surface area contributed by atoms with Crippen LogP contribution in [0, 0.1) is 28.4 Å². The molecule has 0 radical (unpaired) electrons. The minimum absolute atomic E-state index is 0.0592. The first-order chi connectivity index (χ1) is 41.9. The molecule has 484 valence electrons. The van der Waals surface area contributed by atoms with E-state index in [2.05, 4.69) is 10.6 Å². The Morgan fingerprint density at radius 2 is 0.921 bits per heavy atom. The zero-order valence-corrected chi connectivity index (χ0v) is 53.8. The number of amides is 7. The van der Waals surface area contributed by atoms with E-state index < -0.39 is 82.8 Å². The van der Waals surface area contributed by atoms with E-state index in [0.29, 0.717) is 32.0 Å². The standard InChI is InChI=1S/C36H49FN4O7.C32H42FN3O5/c1-23(39(8)33(44)47-22-24-12-10-9-11-13-24)31(42)38-30(35(2,3)4)32(43)40-19-18-27-29(40)28(20-41(27)34(45)48-36(5,6)7)46-21-25-14-16-26(37)17-15-25;1-21(35(5)31(39)41-20-22-9-7-6-8-10-22)29(37)34-28(32(2,3)4)30(38)36-18-17-24-13-16-26(27(24)36)40-19-23-11-14-25(33)15-12-23/h9-17,23,27-30H,18-22H2,1-8H3,(H,38,42);6-12,14-15,21,24,26-28H,13,16-20H2,1-5H3,(H,34,37)/t23-,27+,28-,29-,30+;21-,24+,26-,27-,28+/m00/s1. The highest BCUT2D eigenvalue weighted by Gasteiger charge is 2.55. The molecule has 4 aromatic carbocycles. The van der Waals surface area contributed by atoms with E-state index in [-0.39, 0.29) is 68.0 Å². The molecule has 3 heterocycles. The Balaban J connectivity index is 0.000000257. The van der Waals surface area contributed by atoms with Crippen LogP contribution in [-0.2, 0) is 69.3 Å². The number of halogens is 2. The summed E-state index contributed by atoms with van der Waals surface area (Å²) in [7, 11) is 2.99. The summed E-state index contributed by atoms with van der Waals surface area (Å²) < 4.78 is 55.9. The number of carbonyl (C=O) groups is 7. The summed E-state index contributed by atoms with van der Waals surface area (Å²) in [5.41, 5.74) is 1.31. The smallest absolute Gasteiger partial charge is 0.410 e. The second-order valence-electron chi connectivity index (χ2n) is 26.9. The molecule has 4 aliphatic rings. The van der Waals surface area contributed by atoms with Crippen LogP contribution >= 0.6 is 0 Å². The molecule has 3 saturated heterocycles. The lowest BCUT2D eigenvalue weighted by atomic mass is 9.85. The summed E-state index contributed by atoms with van der Waals surface area (Å²) in [6.07, 6.45) is 0.754. The van der Waals surface area contributed by atoms with Crippen LogP contribution in [-0.4, -0.2) is 160 Å². The Hall–Kier alpha value is -7.65. The second kappa shape index (κ2) is 29.8. The van der Waals surface area contributed by atoms with Crippen LogP contribution in [0.4, 0.5) is 23.2 Å². The number of nitrogens with one attached hydrogen (secondary N) is 2. The number of hydrogen-bond acceptors (Lipinski definition) is 12. The Morgan fingerprint density at radius 1 is 0.517 bits per heavy atom.